The summed E-state index contributed by atoms with van der Waals surface area (Å²) in [6, 6.07) is 10.8. The molecule has 2 aliphatic heterocycles. The lowest BCUT2D eigenvalue weighted by atomic mass is 9.97. The van der Waals surface area contributed by atoms with Crippen molar-refractivity contribution in [3.63, 3.8) is 0 Å². The van der Waals surface area contributed by atoms with Crippen molar-refractivity contribution in [2.24, 2.45) is 10.4 Å². The van der Waals surface area contributed by atoms with Gasteiger partial charge < -0.3 is 15.1 Å². The van der Waals surface area contributed by atoms with Crippen LogP contribution in [0.2, 0.25) is 0 Å². The van der Waals surface area contributed by atoms with Gasteiger partial charge in [0.05, 0.1) is 6.54 Å². The van der Waals surface area contributed by atoms with Crippen LogP contribution in [0.15, 0.2) is 35.3 Å². The highest BCUT2D eigenvalue weighted by Crippen LogP contribution is 2.48. The quantitative estimate of drug-likeness (QED) is 0.329. The van der Waals surface area contributed by atoms with Crippen LogP contribution in [0.4, 0.5) is 0 Å². The predicted molar refractivity (Wildman–Crippen MR) is 137 cm³/mol. The Morgan fingerprint density at radius 2 is 1.68 bits per heavy atom. The summed E-state index contributed by atoms with van der Waals surface area (Å²) >= 11 is 0. The van der Waals surface area contributed by atoms with Crippen LogP contribution in [-0.4, -0.2) is 85.5 Å². The average Bonchev–Trinajstić information content (AvgIpc) is 3.30. The van der Waals surface area contributed by atoms with Gasteiger partial charge in [0.15, 0.2) is 5.96 Å². The summed E-state index contributed by atoms with van der Waals surface area (Å²) in [5, 5.41) is 3.50. The number of nitrogens with zero attached hydrogens (tertiary/aromatic N) is 4. The van der Waals surface area contributed by atoms with Gasteiger partial charge in [-0.15, -0.1) is 24.0 Å². The van der Waals surface area contributed by atoms with Crippen molar-refractivity contribution in [1.29, 1.82) is 0 Å². The molecule has 1 aromatic carbocycles. The van der Waals surface area contributed by atoms with E-state index in [-0.39, 0.29) is 24.0 Å². The Morgan fingerprint density at radius 3 is 2.29 bits per heavy atom. The Labute approximate surface area is 204 Å². The molecule has 1 aromatic rings. The molecule has 172 valence electrons. The molecule has 0 unspecified atom stereocenters. The number of piperazine rings is 1. The molecule has 1 aliphatic carbocycles. The summed E-state index contributed by atoms with van der Waals surface area (Å²) in [5.74, 6) is 1.35. The fourth-order valence-corrected chi connectivity index (χ4v) is 4.64. The second-order valence-electron chi connectivity index (χ2n) is 9.18. The van der Waals surface area contributed by atoms with E-state index in [0.717, 1.165) is 77.6 Å². The fraction of sp³-hybridized carbons (Fsp3) is 0.667. The maximum absolute atomic E-state index is 12.4. The van der Waals surface area contributed by atoms with Crippen molar-refractivity contribution in [3.05, 3.63) is 35.9 Å². The van der Waals surface area contributed by atoms with Gasteiger partial charge in [-0.1, -0.05) is 30.3 Å². The second-order valence-corrected chi connectivity index (χ2v) is 9.18. The van der Waals surface area contributed by atoms with Gasteiger partial charge >= 0.3 is 0 Å². The van der Waals surface area contributed by atoms with E-state index in [1.807, 2.05) is 4.90 Å². The number of hydrogen-bond acceptors (Lipinski definition) is 3. The Hall–Kier alpha value is -1.35. The van der Waals surface area contributed by atoms with E-state index in [4.69, 9.17) is 4.99 Å². The minimum Gasteiger partial charge on any atom is -0.357 e. The van der Waals surface area contributed by atoms with Crippen LogP contribution in [0.5, 0.6) is 0 Å². The molecule has 0 spiro atoms. The number of nitrogens with one attached hydrogen (secondary N) is 1. The maximum atomic E-state index is 12.4. The number of carbonyl (C=O) groups is 1. The predicted octanol–water partition coefficient (Wildman–Crippen LogP) is 2.83. The minimum absolute atomic E-state index is 0. The van der Waals surface area contributed by atoms with Gasteiger partial charge in [0.25, 0.3) is 0 Å². The van der Waals surface area contributed by atoms with E-state index in [2.05, 4.69) is 52.4 Å². The molecule has 7 heteroatoms. The van der Waals surface area contributed by atoms with Gasteiger partial charge in [-0.2, -0.15) is 0 Å². The first-order valence-electron chi connectivity index (χ1n) is 11.7. The number of hydrogen-bond donors (Lipinski definition) is 1. The van der Waals surface area contributed by atoms with E-state index in [1.54, 1.807) is 0 Å². The Balaban J connectivity index is 0.00000272. The van der Waals surface area contributed by atoms with Crippen molar-refractivity contribution < 1.29 is 4.79 Å². The molecule has 2 saturated heterocycles. The largest absolute Gasteiger partial charge is 0.357 e. The SMILES string of the molecule is CCNC(=NCC1(Cc2ccccc2)CC1)N1CCN(CC(=O)N2CCCC2)CC1.I. The van der Waals surface area contributed by atoms with Crippen LogP contribution in [-0.2, 0) is 11.2 Å². The molecule has 0 aromatic heterocycles. The van der Waals surface area contributed by atoms with Crippen LogP contribution in [0.3, 0.4) is 0 Å². The zero-order valence-corrected chi connectivity index (χ0v) is 21.2. The normalized spacial score (nSPS) is 21.0. The van der Waals surface area contributed by atoms with Crippen molar-refractivity contribution in [2.45, 2.75) is 39.0 Å². The lowest BCUT2D eigenvalue weighted by Crippen LogP contribution is -2.54. The first-order valence-corrected chi connectivity index (χ1v) is 11.7. The topological polar surface area (TPSA) is 51.2 Å². The van der Waals surface area contributed by atoms with Crippen LogP contribution < -0.4 is 5.32 Å². The molecular weight excluding hydrogens is 501 g/mol. The number of likely N-dealkylation sites (tertiary alicyclic amines) is 1. The summed E-state index contributed by atoms with van der Waals surface area (Å²) in [4.78, 5) is 24.2. The van der Waals surface area contributed by atoms with Crippen molar-refractivity contribution in [3.8, 4) is 0 Å². The molecule has 1 saturated carbocycles. The van der Waals surface area contributed by atoms with Crippen LogP contribution in [0.1, 0.15) is 38.2 Å². The highest BCUT2D eigenvalue weighted by atomic mass is 127. The number of rotatable bonds is 7. The highest BCUT2D eigenvalue weighted by molar-refractivity contribution is 14.0. The van der Waals surface area contributed by atoms with Gasteiger partial charge in [-0.25, -0.2) is 0 Å². The molecule has 6 nitrogen and oxygen atoms in total. The third-order valence-electron chi connectivity index (χ3n) is 6.77. The van der Waals surface area contributed by atoms with Crippen LogP contribution in [0.25, 0.3) is 0 Å². The van der Waals surface area contributed by atoms with E-state index in [1.165, 1.54) is 18.4 Å². The van der Waals surface area contributed by atoms with Gasteiger partial charge in [0.1, 0.15) is 0 Å². The van der Waals surface area contributed by atoms with Gasteiger partial charge in [0.2, 0.25) is 5.91 Å². The Bertz CT molecular complexity index is 723. The molecule has 1 N–H and O–H groups in total. The number of aliphatic imine (C=N–C) groups is 1. The number of guanidine groups is 1. The Morgan fingerprint density at radius 1 is 1.00 bits per heavy atom. The molecule has 0 radical (unpaired) electrons. The lowest BCUT2D eigenvalue weighted by molar-refractivity contribution is -0.131. The zero-order valence-electron chi connectivity index (χ0n) is 18.9. The first-order chi connectivity index (χ1) is 14.7. The summed E-state index contributed by atoms with van der Waals surface area (Å²) < 4.78 is 0. The summed E-state index contributed by atoms with van der Waals surface area (Å²) in [6.45, 7) is 10.1. The van der Waals surface area contributed by atoms with Crippen molar-refractivity contribution in [2.75, 3.05) is 58.9 Å². The maximum Gasteiger partial charge on any atom is 0.236 e. The number of carbonyl (C=O) groups excluding carboxylic acids is 1. The third kappa shape index (κ3) is 6.81. The van der Waals surface area contributed by atoms with Crippen molar-refractivity contribution >= 4 is 35.8 Å². The smallest absolute Gasteiger partial charge is 0.236 e. The van der Waals surface area contributed by atoms with Gasteiger partial charge in [-0.3, -0.25) is 14.7 Å². The summed E-state index contributed by atoms with van der Waals surface area (Å²) in [5.41, 5.74) is 1.78. The fourth-order valence-electron chi connectivity index (χ4n) is 4.64. The zero-order chi connectivity index (χ0) is 20.8. The molecule has 0 bridgehead atoms. The summed E-state index contributed by atoms with van der Waals surface area (Å²) in [7, 11) is 0. The Kier molecular flexibility index (Phi) is 9.01. The minimum atomic E-state index is 0. The van der Waals surface area contributed by atoms with E-state index in [9.17, 15) is 4.79 Å². The lowest BCUT2D eigenvalue weighted by Gasteiger charge is -2.36. The van der Waals surface area contributed by atoms with Gasteiger partial charge in [0, 0.05) is 52.4 Å². The third-order valence-corrected chi connectivity index (χ3v) is 6.77. The molecule has 3 aliphatic rings. The molecule has 2 heterocycles. The molecule has 3 fully saturated rings. The number of halogens is 1. The number of amides is 1. The van der Waals surface area contributed by atoms with E-state index in [0.29, 0.717) is 17.9 Å². The second kappa shape index (κ2) is 11.5. The molecule has 4 rings (SSSR count). The molecule has 31 heavy (non-hydrogen) atoms. The van der Waals surface area contributed by atoms with Crippen LogP contribution in [0, 0.1) is 5.41 Å². The van der Waals surface area contributed by atoms with Crippen molar-refractivity contribution in [1.82, 2.24) is 20.0 Å². The standard InChI is InChI=1S/C24H37N5O.HI/c1-2-25-23(26-20-24(10-11-24)18-21-8-4-3-5-9-21)29-16-14-27(15-17-29)19-22(30)28-12-6-7-13-28;/h3-5,8-9H,2,6-7,10-20H2,1H3,(H,25,26);1H. The summed E-state index contributed by atoms with van der Waals surface area (Å²) in [6.07, 6.45) is 6.00. The number of benzene rings is 1. The van der Waals surface area contributed by atoms with E-state index >= 15 is 0 Å². The monoisotopic (exact) mass is 539 g/mol. The van der Waals surface area contributed by atoms with Gasteiger partial charge in [-0.05, 0) is 50.0 Å². The first kappa shape index (κ1) is 24.3. The van der Waals surface area contributed by atoms with E-state index < -0.39 is 0 Å². The molecule has 1 amide bonds. The molecule has 0 atom stereocenters. The van der Waals surface area contributed by atoms with Crippen LogP contribution >= 0.6 is 24.0 Å². The average molecular weight is 540 g/mol. The highest BCUT2D eigenvalue weighted by Gasteiger charge is 2.42. The molecular formula is C24H38IN5O.